The van der Waals surface area contributed by atoms with Gasteiger partial charge in [0.05, 0.1) is 16.3 Å². The third kappa shape index (κ3) is 4.46. The van der Waals surface area contributed by atoms with Crippen molar-refractivity contribution in [3.8, 4) is 11.3 Å². The number of nitrogens with one attached hydrogen (secondary N) is 1. The van der Waals surface area contributed by atoms with Crippen LogP contribution >= 0.6 is 23.2 Å². The summed E-state index contributed by atoms with van der Waals surface area (Å²) in [5.41, 5.74) is 2.12. The molecule has 160 valence electrons. The van der Waals surface area contributed by atoms with Crippen LogP contribution in [0.1, 0.15) is 16.9 Å². The molecule has 3 aromatic carbocycles. The second kappa shape index (κ2) is 9.40. The molecule has 5 nitrogen and oxygen atoms in total. The van der Waals surface area contributed by atoms with Crippen LogP contribution in [0.25, 0.3) is 11.3 Å². The van der Waals surface area contributed by atoms with Crippen molar-refractivity contribution in [1.82, 2.24) is 5.43 Å². The Morgan fingerprint density at radius 2 is 1.50 bits per heavy atom. The SMILES string of the molecule is O=C(NN=Cc1ccc(-c2ccc(Cl)c(Cl)c2)o1)C(O)(c1ccccc1)c1ccccc1. The van der Waals surface area contributed by atoms with E-state index in [0.29, 0.717) is 32.7 Å². The highest BCUT2D eigenvalue weighted by molar-refractivity contribution is 6.42. The Labute approximate surface area is 194 Å². The van der Waals surface area contributed by atoms with E-state index >= 15 is 0 Å². The smallest absolute Gasteiger partial charge is 0.281 e. The number of hydrogen-bond donors (Lipinski definition) is 2. The first-order valence-corrected chi connectivity index (χ1v) is 10.5. The molecule has 0 fully saturated rings. The number of hydrazone groups is 1. The van der Waals surface area contributed by atoms with E-state index in [0.717, 1.165) is 5.56 Å². The molecule has 32 heavy (non-hydrogen) atoms. The summed E-state index contributed by atoms with van der Waals surface area (Å²) < 4.78 is 5.74. The van der Waals surface area contributed by atoms with Crippen LogP contribution < -0.4 is 5.43 Å². The molecule has 0 radical (unpaired) electrons. The topological polar surface area (TPSA) is 74.8 Å². The van der Waals surface area contributed by atoms with Gasteiger partial charge in [0.2, 0.25) is 0 Å². The summed E-state index contributed by atoms with van der Waals surface area (Å²) >= 11 is 12.0. The van der Waals surface area contributed by atoms with E-state index < -0.39 is 11.5 Å². The van der Waals surface area contributed by atoms with Crippen LogP contribution in [-0.2, 0) is 10.4 Å². The van der Waals surface area contributed by atoms with Gasteiger partial charge >= 0.3 is 0 Å². The molecule has 4 rings (SSSR count). The third-order valence-corrected chi connectivity index (χ3v) is 5.64. The highest BCUT2D eigenvalue weighted by Crippen LogP contribution is 2.31. The predicted molar refractivity (Wildman–Crippen MR) is 126 cm³/mol. The van der Waals surface area contributed by atoms with Gasteiger partial charge in [0, 0.05) is 5.56 Å². The van der Waals surface area contributed by atoms with Gasteiger partial charge in [-0.1, -0.05) is 83.9 Å². The summed E-state index contributed by atoms with van der Waals surface area (Å²) in [7, 11) is 0. The fraction of sp³-hybridized carbons (Fsp3) is 0.0400. The number of nitrogens with zero attached hydrogens (tertiary/aromatic N) is 1. The van der Waals surface area contributed by atoms with Crippen molar-refractivity contribution in [2.45, 2.75) is 5.60 Å². The molecule has 0 aliphatic carbocycles. The van der Waals surface area contributed by atoms with Crippen molar-refractivity contribution >= 4 is 35.3 Å². The lowest BCUT2D eigenvalue weighted by atomic mass is 9.85. The Balaban J connectivity index is 1.54. The maximum atomic E-state index is 13.0. The first-order chi connectivity index (χ1) is 15.5. The van der Waals surface area contributed by atoms with Gasteiger partial charge in [-0.25, -0.2) is 5.43 Å². The summed E-state index contributed by atoms with van der Waals surface area (Å²) in [6.07, 6.45) is 1.36. The lowest BCUT2D eigenvalue weighted by Crippen LogP contribution is -2.43. The van der Waals surface area contributed by atoms with Gasteiger partial charge in [-0.05, 0) is 41.5 Å². The molecule has 0 atom stereocenters. The van der Waals surface area contributed by atoms with Gasteiger partial charge in [0.15, 0.2) is 5.60 Å². The minimum Gasteiger partial charge on any atom is -0.455 e. The van der Waals surface area contributed by atoms with Crippen molar-refractivity contribution < 1.29 is 14.3 Å². The Morgan fingerprint density at radius 1 is 0.875 bits per heavy atom. The molecule has 4 aromatic rings. The molecule has 1 amide bonds. The molecule has 0 spiro atoms. The number of aliphatic hydroxyl groups is 1. The maximum Gasteiger partial charge on any atom is 0.281 e. The van der Waals surface area contributed by atoms with E-state index in [2.05, 4.69) is 10.5 Å². The zero-order valence-electron chi connectivity index (χ0n) is 16.7. The van der Waals surface area contributed by atoms with Crippen molar-refractivity contribution in [2.24, 2.45) is 5.10 Å². The monoisotopic (exact) mass is 464 g/mol. The molecule has 2 N–H and O–H groups in total. The number of rotatable bonds is 6. The zero-order valence-corrected chi connectivity index (χ0v) is 18.2. The van der Waals surface area contributed by atoms with E-state index in [1.807, 2.05) is 12.1 Å². The van der Waals surface area contributed by atoms with Gasteiger partial charge in [0.25, 0.3) is 5.91 Å². The normalized spacial score (nSPS) is 11.6. The number of halogens is 2. The molecule has 1 heterocycles. The second-order valence-corrected chi connectivity index (χ2v) is 7.79. The number of carbonyl (C=O) groups excluding carboxylic acids is 1. The van der Waals surface area contributed by atoms with Crippen LogP contribution in [0, 0.1) is 0 Å². The quantitative estimate of drug-likeness (QED) is 0.286. The first-order valence-electron chi connectivity index (χ1n) is 9.70. The van der Waals surface area contributed by atoms with E-state index in [1.165, 1.54) is 6.21 Å². The van der Waals surface area contributed by atoms with Gasteiger partial charge in [-0.15, -0.1) is 0 Å². The van der Waals surface area contributed by atoms with E-state index in [1.54, 1.807) is 78.9 Å². The van der Waals surface area contributed by atoms with Crippen LogP contribution in [0.15, 0.2) is 101 Å². The predicted octanol–water partition coefficient (Wildman–Crippen LogP) is 5.64. The summed E-state index contributed by atoms with van der Waals surface area (Å²) in [6.45, 7) is 0. The average molecular weight is 465 g/mol. The summed E-state index contributed by atoms with van der Waals surface area (Å²) in [4.78, 5) is 13.0. The lowest BCUT2D eigenvalue weighted by molar-refractivity contribution is -0.136. The molecule has 0 bridgehead atoms. The number of benzene rings is 3. The summed E-state index contributed by atoms with van der Waals surface area (Å²) in [5.74, 6) is 0.290. The standard InChI is InChI=1S/C25H18Cl2N2O3/c26-21-13-11-17(15-22(21)27)23-14-12-20(32-23)16-28-29-24(30)25(31,18-7-3-1-4-8-18)19-9-5-2-6-10-19/h1-16,31H,(H,29,30). The van der Waals surface area contributed by atoms with Crippen LogP contribution in [0.3, 0.4) is 0 Å². The molecule has 7 heteroatoms. The van der Waals surface area contributed by atoms with Crippen molar-refractivity contribution in [1.29, 1.82) is 0 Å². The van der Waals surface area contributed by atoms with Crippen molar-refractivity contribution in [2.75, 3.05) is 0 Å². The Hall–Kier alpha value is -3.38. The number of hydrogen-bond acceptors (Lipinski definition) is 4. The molecule has 0 aliphatic rings. The van der Waals surface area contributed by atoms with Gasteiger partial charge in [-0.2, -0.15) is 5.10 Å². The first kappa shape index (κ1) is 21.8. The van der Waals surface area contributed by atoms with Crippen molar-refractivity contribution in [3.63, 3.8) is 0 Å². The highest BCUT2D eigenvalue weighted by atomic mass is 35.5. The minimum absolute atomic E-state index is 0.411. The third-order valence-electron chi connectivity index (χ3n) is 4.90. The Morgan fingerprint density at radius 3 is 2.09 bits per heavy atom. The molecule has 0 saturated carbocycles. The van der Waals surface area contributed by atoms with Crippen LogP contribution in [0.2, 0.25) is 10.0 Å². The summed E-state index contributed by atoms with van der Waals surface area (Å²) in [5, 5.41) is 16.2. The van der Waals surface area contributed by atoms with Crippen LogP contribution in [0.4, 0.5) is 0 Å². The van der Waals surface area contributed by atoms with E-state index in [9.17, 15) is 9.90 Å². The Kier molecular flexibility index (Phi) is 6.42. The van der Waals surface area contributed by atoms with Crippen LogP contribution in [0.5, 0.6) is 0 Å². The number of furan rings is 1. The van der Waals surface area contributed by atoms with Crippen molar-refractivity contribution in [3.05, 3.63) is 118 Å². The highest BCUT2D eigenvalue weighted by Gasteiger charge is 2.39. The minimum atomic E-state index is -1.91. The second-order valence-electron chi connectivity index (χ2n) is 6.97. The molecule has 0 aliphatic heterocycles. The number of carbonyl (C=O) groups is 1. The molecular formula is C25H18Cl2N2O3. The van der Waals surface area contributed by atoms with Gasteiger partial charge in [-0.3, -0.25) is 4.79 Å². The fourth-order valence-electron chi connectivity index (χ4n) is 3.25. The average Bonchev–Trinajstić information content (AvgIpc) is 3.30. The van der Waals surface area contributed by atoms with Gasteiger partial charge < -0.3 is 9.52 Å². The van der Waals surface area contributed by atoms with E-state index in [4.69, 9.17) is 27.6 Å². The zero-order chi connectivity index (χ0) is 22.6. The molecule has 0 unspecified atom stereocenters. The summed E-state index contributed by atoms with van der Waals surface area (Å²) in [6, 6.07) is 26.0. The Bertz CT molecular complexity index is 1220. The fourth-order valence-corrected chi connectivity index (χ4v) is 3.55. The van der Waals surface area contributed by atoms with E-state index in [-0.39, 0.29) is 0 Å². The molecular weight excluding hydrogens is 447 g/mol. The molecule has 1 aromatic heterocycles. The van der Waals surface area contributed by atoms with Crippen LogP contribution in [-0.4, -0.2) is 17.2 Å². The lowest BCUT2D eigenvalue weighted by Gasteiger charge is -2.26. The largest absolute Gasteiger partial charge is 0.455 e. The van der Waals surface area contributed by atoms with Gasteiger partial charge in [0.1, 0.15) is 11.5 Å². The number of amides is 1. The molecule has 0 saturated heterocycles. The maximum absolute atomic E-state index is 13.0.